The Kier molecular flexibility index (Phi) is 65.2. The van der Waals surface area contributed by atoms with E-state index in [0.717, 1.165) is 108 Å². The summed E-state index contributed by atoms with van der Waals surface area (Å²) in [6.45, 7) is 11.8. The molecule has 0 fully saturated rings. The summed E-state index contributed by atoms with van der Waals surface area (Å²) >= 11 is 0. The summed E-state index contributed by atoms with van der Waals surface area (Å²) < 4.78 is 68.5. The largest absolute Gasteiger partial charge is 0.472 e. The van der Waals surface area contributed by atoms with Gasteiger partial charge in [0.1, 0.15) is 19.3 Å². The Bertz CT molecular complexity index is 1850. The minimum absolute atomic E-state index is 0.105. The van der Waals surface area contributed by atoms with Gasteiger partial charge in [-0.05, 0) is 43.4 Å². The number of hydrogen-bond donors (Lipinski definition) is 3. The summed E-state index contributed by atoms with van der Waals surface area (Å²) in [6, 6.07) is 0. The number of hydrogen-bond acceptors (Lipinski definition) is 15. The average molecular weight is 1400 g/mol. The Morgan fingerprint density at radius 2 is 0.484 bits per heavy atom. The van der Waals surface area contributed by atoms with Crippen LogP contribution in [0.25, 0.3) is 0 Å². The average Bonchev–Trinajstić information content (AvgIpc) is 1.88. The lowest BCUT2D eigenvalue weighted by Gasteiger charge is -2.21. The molecule has 0 aliphatic heterocycles. The molecule has 0 aromatic rings. The molecule has 0 amide bonds. The van der Waals surface area contributed by atoms with Crippen LogP contribution in [0, 0.1) is 17.8 Å². The molecule has 3 N–H and O–H groups in total. The van der Waals surface area contributed by atoms with E-state index in [1.165, 1.54) is 193 Å². The zero-order valence-electron chi connectivity index (χ0n) is 62.1. The topological polar surface area (TPSA) is 237 Å². The molecular weight excluding hydrogens is 1250 g/mol. The van der Waals surface area contributed by atoms with Gasteiger partial charge in [0.05, 0.1) is 26.4 Å². The monoisotopic (exact) mass is 1400 g/mol. The highest BCUT2D eigenvalue weighted by molar-refractivity contribution is 7.47. The van der Waals surface area contributed by atoms with Gasteiger partial charge in [0.2, 0.25) is 0 Å². The Hall–Kier alpha value is -1.94. The fourth-order valence-electron chi connectivity index (χ4n) is 11.6. The fourth-order valence-corrected chi connectivity index (χ4v) is 13.2. The standard InChI is InChI=1S/C76H148O17P2/c1-8-9-10-11-12-13-14-15-16-17-18-19-20-21-22-30-37-45-52-59-75(80)92-71(63-86-73(78)57-50-43-36-29-25-23-27-33-40-47-54-67(2)3)65-90-94(82,83)88-61-70(77)62-89-95(84,85)91-66-72(64-87-74(79)58-51-44-39-32-35-42-49-56-69(6)7)93-76(81)60-53-46-38-31-26-24-28-34-41-48-55-68(4)5/h67-72,77H,8-66H2,1-7H3,(H,82,83)(H,84,85)/t70-,71-,72-/m1/s1. The first-order valence-corrected chi connectivity index (χ1v) is 42.3. The van der Waals surface area contributed by atoms with Crippen LogP contribution in [0.4, 0.5) is 0 Å². The van der Waals surface area contributed by atoms with Gasteiger partial charge in [-0.1, -0.05) is 337 Å². The van der Waals surface area contributed by atoms with E-state index in [4.69, 9.17) is 37.0 Å². The molecule has 17 nitrogen and oxygen atoms in total. The lowest BCUT2D eigenvalue weighted by molar-refractivity contribution is -0.161. The number of aliphatic hydroxyl groups is 1. The highest BCUT2D eigenvalue weighted by Crippen LogP contribution is 2.45. The third-order valence-electron chi connectivity index (χ3n) is 17.6. The summed E-state index contributed by atoms with van der Waals surface area (Å²) in [5.41, 5.74) is 0. The van der Waals surface area contributed by atoms with Crippen molar-refractivity contribution in [3.05, 3.63) is 0 Å². The van der Waals surface area contributed by atoms with Gasteiger partial charge in [-0.3, -0.25) is 37.3 Å². The molecule has 0 saturated carbocycles. The summed E-state index contributed by atoms with van der Waals surface area (Å²) in [5.74, 6) is 0.0961. The van der Waals surface area contributed by atoms with Gasteiger partial charge in [0.25, 0.3) is 0 Å². The third-order valence-corrected chi connectivity index (χ3v) is 19.5. The molecule has 0 aromatic heterocycles. The summed E-state index contributed by atoms with van der Waals surface area (Å²) in [4.78, 5) is 72.8. The van der Waals surface area contributed by atoms with E-state index in [0.29, 0.717) is 31.6 Å². The number of unbranched alkanes of at least 4 members (excludes halogenated alkanes) is 42. The van der Waals surface area contributed by atoms with Crippen LogP contribution in [-0.2, 0) is 65.4 Å². The zero-order valence-corrected chi connectivity index (χ0v) is 63.9. The quantitative estimate of drug-likeness (QED) is 0.0222. The van der Waals surface area contributed by atoms with E-state index < -0.39 is 97.5 Å². The predicted octanol–water partition coefficient (Wildman–Crippen LogP) is 22.2. The van der Waals surface area contributed by atoms with Crippen LogP contribution in [-0.4, -0.2) is 96.7 Å². The minimum atomic E-state index is -4.96. The fraction of sp³-hybridized carbons (Fsp3) is 0.947. The number of phosphoric acid groups is 2. The van der Waals surface area contributed by atoms with Crippen LogP contribution in [0.15, 0.2) is 0 Å². The van der Waals surface area contributed by atoms with E-state index in [-0.39, 0.29) is 25.7 Å². The molecule has 0 spiro atoms. The number of aliphatic hydroxyl groups excluding tert-OH is 1. The zero-order chi connectivity index (χ0) is 70.1. The van der Waals surface area contributed by atoms with E-state index in [1.54, 1.807) is 0 Å². The van der Waals surface area contributed by atoms with Crippen molar-refractivity contribution in [3.63, 3.8) is 0 Å². The van der Waals surface area contributed by atoms with Crippen molar-refractivity contribution in [2.45, 2.75) is 407 Å². The molecule has 0 bridgehead atoms. The van der Waals surface area contributed by atoms with Gasteiger partial charge in [-0.2, -0.15) is 0 Å². The molecule has 95 heavy (non-hydrogen) atoms. The maximum Gasteiger partial charge on any atom is 0.472 e. The molecule has 0 rings (SSSR count). The van der Waals surface area contributed by atoms with Gasteiger partial charge in [-0.25, -0.2) is 9.13 Å². The van der Waals surface area contributed by atoms with Crippen molar-refractivity contribution in [3.8, 4) is 0 Å². The molecule has 0 saturated heterocycles. The van der Waals surface area contributed by atoms with Crippen LogP contribution >= 0.6 is 15.6 Å². The van der Waals surface area contributed by atoms with Gasteiger partial charge in [0, 0.05) is 25.7 Å². The lowest BCUT2D eigenvalue weighted by atomic mass is 10.0. The molecule has 0 aromatic carbocycles. The number of ether oxygens (including phenoxy) is 4. The molecule has 0 radical (unpaired) electrons. The second-order valence-electron chi connectivity index (χ2n) is 28.8. The number of rotatable bonds is 74. The van der Waals surface area contributed by atoms with Gasteiger partial charge in [0.15, 0.2) is 12.2 Å². The first-order valence-electron chi connectivity index (χ1n) is 39.3. The molecule has 5 atom stereocenters. The number of esters is 4. The molecule has 19 heteroatoms. The molecular formula is C76H148O17P2. The van der Waals surface area contributed by atoms with E-state index in [1.807, 2.05) is 0 Å². The maximum absolute atomic E-state index is 13.1. The van der Waals surface area contributed by atoms with Crippen molar-refractivity contribution < 1.29 is 80.2 Å². The molecule has 564 valence electrons. The normalized spacial score (nSPS) is 14.1. The molecule has 0 aliphatic carbocycles. The van der Waals surface area contributed by atoms with Crippen LogP contribution in [0.3, 0.4) is 0 Å². The van der Waals surface area contributed by atoms with Gasteiger partial charge >= 0.3 is 39.5 Å². The SMILES string of the molecule is CCCCCCCCCCCCCCCCCCCCCC(=O)O[C@H](COC(=O)CCCCCCCCCCCCC(C)C)COP(=O)(O)OC[C@@H](O)COP(=O)(O)OC[C@@H](COC(=O)CCCCCCCCCC(C)C)OC(=O)CCCCCCCCCCCCC(C)C. The highest BCUT2D eigenvalue weighted by Gasteiger charge is 2.30. The molecule has 2 unspecified atom stereocenters. The Morgan fingerprint density at radius 3 is 0.716 bits per heavy atom. The van der Waals surface area contributed by atoms with Crippen molar-refractivity contribution in [2.24, 2.45) is 17.8 Å². The van der Waals surface area contributed by atoms with Crippen LogP contribution in [0.2, 0.25) is 0 Å². The highest BCUT2D eigenvalue weighted by atomic mass is 31.2. The Morgan fingerprint density at radius 1 is 0.284 bits per heavy atom. The van der Waals surface area contributed by atoms with Crippen molar-refractivity contribution >= 4 is 39.5 Å². The van der Waals surface area contributed by atoms with Crippen LogP contribution < -0.4 is 0 Å². The van der Waals surface area contributed by atoms with Crippen molar-refractivity contribution in [1.82, 2.24) is 0 Å². The first-order chi connectivity index (χ1) is 45.7. The van der Waals surface area contributed by atoms with E-state index in [2.05, 4.69) is 48.5 Å². The lowest BCUT2D eigenvalue weighted by Crippen LogP contribution is -2.30. The second-order valence-corrected chi connectivity index (χ2v) is 31.7. The predicted molar refractivity (Wildman–Crippen MR) is 386 cm³/mol. The number of carbonyl (C=O) groups is 4. The van der Waals surface area contributed by atoms with Crippen molar-refractivity contribution in [2.75, 3.05) is 39.6 Å². The van der Waals surface area contributed by atoms with E-state index >= 15 is 0 Å². The van der Waals surface area contributed by atoms with Gasteiger partial charge < -0.3 is 33.8 Å². The number of phosphoric ester groups is 2. The van der Waals surface area contributed by atoms with Crippen LogP contribution in [0.5, 0.6) is 0 Å². The van der Waals surface area contributed by atoms with Crippen molar-refractivity contribution in [1.29, 1.82) is 0 Å². The second kappa shape index (κ2) is 66.6. The summed E-state index contributed by atoms with van der Waals surface area (Å²) in [7, 11) is -9.91. The first kappa shape index (κ1) is 93.1. The minimum Gasteiger partial charge on any atom is -0.462 e. The number of carbonyl (C=O) groups excluding carboxylic acids is 4. The molecule has 0 aliphatic rings. The summed E-state index contributed by atoms with van der Waals surface area (Å²) in [6.07, 6.45) is 52.9. The van der Waals surface area contributed by atoms with Gasteiger partial charge in [-0.15, -0.1) is 0 Å². The smallest absolute Gasteiger partial charge is 0.462 e. The maximum atomic E-state index is 13.1. The Labute approximate surface area is 581 Å². The van der Waals surface area contributed by atoms with Crippen LogP contribution in [0.1, 0.15) is 389 Å². The van der Waals surface area contributed by atoms with E-state index in [9.17, 15) is 43.2 Å². The summed E-state index contributed by atoms with van der Waals surface area (Å²) in [5, 5.41) is 10.6. The Balaban J connectivity index is 5.23. The third kappa shape index (κ3) is 70.3. The molecule has 0 heterocycles.